The smallest absolute Gasteiger partial charge is 0.243 e. The molecule has 1 aromatic heterocycles. The molecule has 2 aromatic carbocycles. The van der Waals surface area contributed by atoms with Gasteiger partial charge in [-0.2, -0.15) is 9.29 Å². The van der Waals surface area contributed by atoms with E-state index < -0.39 is 16.1 Å². The van der Waals surface area contributed by atoms with Gasteiger partial charge in [0.25, 0.3) is 0 Å². The van der Waals surface area contributed by atoms with Gasteiger partial charge < -0.3 is 9.63 Å². The third-order valence-electron chi connectivity index (χ3n) is 5.35. The second kappa shape index (κ2) is 8.67. The normalized spacial score (nSPS) is 16.5. The van der Waals surface area contributed by atoms with Crippen LogP contribution in [-0.2, 0) is 16.4 Å². The Kier molecular flexibility index (Phi) is 5.99. The van der Waals surface area contributed by atoms with Crippen LogP contribution >= 0.6 is 0 Å². The van der Waals surface area contributed by atoms with E-state index in [4.69, 9.17) is 4.52 Å². The van der Waals surface area contributed by atoms with Crippen molar-refractivity contribution in [1.29, 1.82) is 0 Å². The maximum Gasteiger partial charge on any atom is 0.243 e. The van der Waals surface area contributed by atoms with Crippen molar-refractivity contribution in [3.63, 3.8) is 0 Å². The van der Waals surface area contributed by atoms with Crippen molar-refractivity contribution in [3.8, 4) is 11.4 Å². The number of hydrogen-bond acceptors (Lipinski definition) is 6. The molecule has 1 atom stereocenters. The first-order chi connectivity index (χ1) is 14.4. The molecule has 0 spiro atoms. The molecule has 2 heterocycles. The standard InChI is InChI=1S/C22H25N3O4S/c1-16(26)18-7-9-19(10-8-18)22-23-21(29-24-22)15-17-5-11-20(12-6-17)30(27,28)25-13-3-2-4-14-25/h5-12,16,26H,2-4,13-15H2,1H3/t16-/m1/s1. The van der Waals surface area contributed by atoms with Crippen LogP contribution in [0.5, 0.6) is 0 Å². The number of rotatable bonds is 6. The lowest BCUT2D eigenvalue weighted by atomic mass is 10.1. The van der Waals surface area contributed by atoms with Gasteiger partial charge in [-0.05, 0) is 43.0 Å². The molecule has 1 saturated heterocycles. The Hall–Kier alpha value is -2.55. The Morgan fingerprint density at radius 2 is 1.70 bits per heavy atom. The van der Waals surface area contributed by atoms with Crippen LogP contribution in [-0.4, -0.2) is 41.1 Å². The van der Waals surface area contributed by atoms with Crippen molar-refractivity contribution in [2.45, 2.75) is 43.6 Å². The maximum absolute atomic E-state index is 12.8. The van der Waals surface area contributed by atoms with Crippen molar-refractivity contribution in [3.05, 3.63) is 65.5 Å². The third kappa shape index (κ3) is 4.45. The molecule has 158 valence electrons. The van der Waals surface area contributed by atoms with E-state index in [1.807, 2.05) is 24.3 Å². The number of benzene rings is 2. The fourth-order valence-corrected chi connectivity index (χ4v) is 5.08. The second-order valence-corrected chi connectivity index (χ2v) is 9.53. The molecule has 0 bridgehead atoms. The van der Waals surface area contributed by atoms with Gasteiger partial charge in [0.1, 0.15) is 0 Å². The van der Waals surface area contributed by atoms with E-state index in [1.165, 1.54) is 0 Å². The zero-order valence-corrected chi connectivity index (χ0v) is 17.7. The first-order valence-electron chi connectivity index (χ1n) is 10.1. The Balaban J connectivity index is 1.45. The quantitative estimate of drug-likeness (QED) is 0.646. The molecule has 3 aromatic rings. The van der Waals surface area contributed by atoms with Crippen LogP contribution in [0.2, 0.25) is 0 Å². The Morgan fingerprint density at radius 3 is 2.33 bits per heavy atom. The molecule has 1 fully saturated rings. The van der Waals surface area contributed by atoms with E-state index in [0.29, 0.717) is 36.1 Å². The fourth-order valence-electron chi connectivity index (χ4n) is 3.56. The van der Waals surface area contributed by atoms with Crippen molar-refractivity contribution in [2.75, 3.05) is 13.1 Å². The predicted molar refractivity (Wildman–Crippen MR) is 112 cm³/mol. The Morgan fingerprint density at radius 1 is 1.03 bits per heavy atom. The lowest BCUT2D eigenvalue weighted by Gasteiger charge is -2.25. The average Bonchev–Trinajstić information content (AvgIpc) is 3.23. The molecule has 0 aliphatic carbocycles. The van der Waals surface area contributed by atoms with Crippen molar-refractivity contribution >= 4 is 10.0 Å². The molecular weight excluding hydrogens is 402 g/mol. The summed E-state index contributed by atoms with van der Waals surface area (Å²) in [7, 11) is -3.43. The van der Waals surface area contributed by atoms with Gasteiger partial charge in [0.05, 0.1) is 17.4 Å². The van der Waals surface area contributed by atoms with Crippen LogP contribution in [0, 0.1) is 0 Å². The van der Waals surface area contributed by atoms with E-state index in [0.717, 1.165) is 36.0 Å². The monoisotopic (exact) mass is 427 g/mol. The largest absolute Gasteiger partial charge is 0.389 e. The molecule has 30 heavy (non-hydrogen) atoms. The zero-order chi connectivity index (χ0) is 21.1. The fraction of sp³-hybridized carbons (Fsp3) is 0.364. The summed E-state index contributed by atoms with van der Waals surface area (Å²) in [4.78, 5) is 4.75. The molecule has 1 aliphatic rings. The molecule has 0 amide bonds. The molecule has 0 saturated carbocycles. The highest BCUT2D eigenvalue weighted by Crippen LogP contribution is 2.23. The van der Waals surface area contributed by atoms with Crippen molar-refractivity contribution < 1.29 is 18.0 Å². The van der Waals surface area contributed by atoms with Crippen molar-refractivity contribution in [1.82, 2.24) is 14.4 Å². The number of nitrogens with zero attached hydrogens (tertiary/aromatic N) is 3. The van der Waals surface area contributed by atoms with Crippen LogP contribution in [0.1, 0.15) is 49.3 Å². The Labute approximate surface area is 176 Å². The van der Waals surface area contributed by atoms with Crippen LogP contribution < -0.4 is 0 Å². The molecule has 1 N–H and O–H groups in total. The minimum Gasteiger partial charge on any atom is -0.389 e. The third-order valence-corrected chi connectivity index (χ3v) is 7.26. The van der Waals surface area contributed by atoms with Crippen LogP contribution in [0.4, 0.5) is 0 Å². The van der Waals surface area contributed by atoms with Gasteiger partial charge in [-0.1, -0.05) is 48.0 Å². The first kappa shape index (κ1) is 20.7. The maximum atomic E-state index is 12.8. The number of piperidine rings is 1. The summed E-state index contributed by atoms with van der Waals surface area (Å²) in [5.74, 6) is 0.933. The summed E-state index contributed by atoms with van der Waals surface area (Å²) < 4.78 is 32.4. The number of aliphatic hydroxyl groups is 1. The van der Waals surface area contributed by atoms with E-state index in [-0.39, 0.29) is 0 Å². The molecule has 1 aliphatic heterocycles. The molecule has 7 nitrogen and oxygen atoms in total. The van der Waals surface area contributed by atoms with Gasteiger partial charge in [0.15, 0.2) is 0 Å². The van der Waals surface area contributed by atoms with Gasteiger partial charge in [-0.15, -0.1) is 0 Å². The van der Waals surface area contributed by atoms with Gasteiger partial charge in [0, 0.05) is 18.7 Å². The SMILES string of the molecule is C[C@@H](O)c1ccc(-c2noc(Cc3ccc(S(=O)(=O)N4CCCCC4)cc3)n2)cc1. The van der Waals surface area contributed by atoms with Crippen LogP contribution in [0.3, 0.4) is 0 Å². The summed E-state index contributed by atoms with van der Waals surface area (Å²) in [6.45, 7) is 2.89. The molecule has 8 heteroatoms. The van der Waals surface area contributed by atoms with Crippen LogP contribution in [0.15, 0.2) is 57.9 Å². The predicted octanol–water partition coefficient (Wildman–Crippen LogP) is 3.56. The molecule has 4 rings (SSSR count). The number of sulfonamides is 1. The van der Waals surface area contributed by atoms with E-state index in [9.17, 15) is 13.5 Å². The number of aliphatic hydroxyl groups excluding tert-OH is 1. The highest BCUT2D eigenvalue weighted by Gasteiger charge is 2.25. The van der Waals surface area contributed by atoms with Gasteiger partial charge in [-0.3, -0.25) is 0 Å². The lowest BCUT2D eigenvalue weighted by Crippen LogP contribution is -2.35. The molecular formula is C22H25N3O4S. The van der Waals surface area contributed by atoms with Crippen LogP contribution in [0.25, 0.3) is 11.4 Å². The average molecular weight is 428 g/mol. The van der Waals surface area contributed by atoms with E-state index >= 15 is 0 Å². The minimum atomic E-state index is -3.43. The summed E-state index contributed by atoms with van der Waals surface area (Å²) in [5.41, 5.74) is 2.52. The highest BCUT2D eigenvalue weighted by molar-refractivity contribution is 7.89. The summed E-state index contributed by atoms with van der Waals surface area (Å²) in [6.07, 6.45) is 2.81. The Bertz CT molecular complexity index is 1080. The zero-order valence-electron chi connectivity index (χ0n) is 16.9. The second-order valence-electron chi connectivity index (χ2n) is 7.60. The summed E-state index contributed by atoms with van der Waals surface area (Å²) in [6, 6.07) is 14.2. The summed E-state index contributed by atoms with van der Waals surface area (Å²) in [5, 5.41) is 13.6. The lowest BCUT2D eigenvalue weighted by molar-refractivity contribution is 0.199. The van der Waals surface area contributed by atoms with Gasteiger partial charge in [0.2, 0.25) is 21.7 Å². The minimum absolute atomic E-state index is 0.317. The van der Waals surface area contributed by atoms with Gasteiger partial charge in [-0.25, -0.2) is 8.42 Å². The van der Waals surface area contributed by atoms with E-state index in [2.05, 4.69) is 10.1 Å². The van der Waals surface area contributed by atoms with E-state index in [1.54, 1.807) is 35.5 Å². The summed E-state index contributed by atoms with van der Waals surface area (Å²) >= 11 is 0. The number of hydrogen-bond donors (Lipinski definition) is 1. The number of aromatic nitrogens is 2. The van der Waals surface area contributed by atoms with Crippen molar-refractivity contribution in [2.24, 2.45) is 0 Å². The topological polar surface area (TPSA) is 96.5 Å². The molecule has 0 radical (unpaired) electrons. The molecule has 0 unspecified atom stereocenters. The van der Waals surface area contributed by atoms with Gasteiger partial charge >= 0.3 is 0 Å². The highest BCUT2D eigenvalue weighted by atomic mass is 32.2. The first-order valence-corrected chi connectivity index (χ1v) is 11.6.